The first-order chi connectivity index (χ1) is 9.45. The Morgan fingerprint density at radius 1 is 1.35 bits per heavy atom. The van der Waals surface area contributed by atoms with Crippen LogP contribution in [-0.2, 0) is 19.2 Å². The van der Waals surface area contributed by atoms with Gasteiger partial charge in [0.1, 0.15) is 0 Å². The maximum Gasteiger partial charge on any atom is 0.311 e. The number of esters is 1. The van der Waals surface area contributed by atoms with E-state index in [2.05, 4.69) is 27.5 Å². The average molecular weight is 395 g/mol. The molecular formula is C14H20IO5-. The number of hydrogen-bond acceptors (Lipinski definition) is 5. The van der Waals surface area contributed by atoms with Crippen molar-refractivity contribution in [3.63, 3.8) is 0 Å². The van der Waals surface area contributed by atoms with Crippen LogP contribution in [0.3, 0.4) is 0 Å². The van der Waals surface area contributed by atoms with Gasteiger partial charge in [0.15, 0.2) is 5.79 Å². The van der Waals surface area contributed by atoms with E-state index in [-0.39, 0.29) is 17.8 Å². The maximum absolute atomic E-state index is 12.0. The van der Waals surface area contributed by atoms with Crippen LogP contribution in [0.25, 0.3) is 0 Å². The van der Waals surface area contributed by atoms with Crippen LogP contribution in [0, 0.1) is 23.7 Å². The van der Waals surface area contributed by atoms with E-state index in [1.54, 1.807) is 6.92 Å². The summed E-state index contributed by atoms with van der Waals surface area (Å²) in [4.78, 5) is 16.3. The molecule has 1 aliphatic carbocycles. The third kappa shape index (κ3) is 2.38. The fourth-order valence-electron chi connectivity index (χ4n) is 4.05. The van der Waals surface area contributed by atoms with E-state index in [4.69, 9.17) is 9.47 Å². The molecular weight excluding hydrogens is 375 g/mol. The molecule has 3 aliphatic rings. The fraction of sp³-hybridized carbons (Fsp3) is 0.929. The fourth-order valence-corrected chi connectivity index (χ4v) is 5.25. The van der Waals surface area contributed by atoms with Crippen molar-refractivity contribution in [1.29, 1.82) is 0 Å². The highest BCUT2D eigenvalue weighted by Crippen LogP contribution is 2.52. The number of alkyl halides is 1. The number of ether oxygens (including phenoxy) is 2. The molecule has 114 valence electrons. The van der Waals surface area contributed by atoms with Gasteiger partial charge in [-0.1, -0.05) is 29.5 Å². The van der Waals surface area contributed by atoms with Gasteiger partial charge < -0.3 is 19.6 Å². The number of hydrogen-bond donors (Lipinski definition) is 0. The van der Waals surface area contributed by atoms with Crippen LogP contribution in [0.2, 0.25) is 0 Å². The lowest BCUT2D eigenvalue weighted by molar-refractivity contribution is -0.739. The van der Waals surface area contributed by atoms with E-state index < -0.39 is 12.1 Å². The molecule has 7 atom stereocenters. The second-order valence-corrected chi connectivity index (χ2v) is 8.07. The van der Waals surface area contributed by atoms with Crippen molar-refractivity contribution >= 4 is 28.6 Å². The maximum atomic E-state index is 12.0. The highest BCUT2D eigenvalue weighted by atomic mass is 127. The van der Waals surface area contributed by atoms with Gasteiger partial charge in [0, 0.05) is 16.3 Å². The van der Waals surface area contributed by atoms with Gasteiger partial charge in [-0.2, -0.15) is 0 Å². The summed E-state index contributed by atoms with van der Waals surface area (Å²) in [5, 5.41) is 11.0. The predicted octanol–water partition coefficient (Wildman–Crippen LogP) is 1.77. The van der Waals surface area contributed by atoms with Crippen LogP contribution in [0.1, 0.15) is 39.5 Å². The first kappa shape index (κ1) is 15.0. The molecule has 2 aliphatic heterocycles. The molecule has 0 aromatic rings. The first-order valence-electron chi connectivity index (χ1n) is 7.28. The van der Waals surface area contributed by atoms with E-state index in [0.29, 0.717) is 22.2 Å². The number of halogens is 1. The Hall–Kier alpha value is 0.0800. The van der Waals surface area contributed by atoms with Crippen molar-refractivity contribution in [1.82, 2.24) is 0 Å². The standard InChI is InChI=1S/C14H21IO5/c1-7-8-3-4-10(15)9-5-6-14(2,20-17)19-13(11(8)9)18-12(7)16/h7-11,13,17H,3-6H2,1-2H3/p-1/t7?,8?,9?,10?,11?,13-,14?/m1/s1. The molecule has 0 spiro atoms. The highest BCUT2D eigenvalue weighted by molar-refractivity contribution is 14.1. The highest BCUT2D eigenvalue weighted by Gasteiger charge is 2.54. The van der Waals surface area contributed by atoms with E-state index in [1.807, 2.05) is 6.92 Å². The molecule has 20 heavy (non-hydrogen) atoms. The largest absolute Gasteiger partial charge is 0.721 e. The van der Waals surface area contributed by atoms with Crippen LogP contribution >= 0.6 is 22.6 Å². The zero-order valence-corrected chi connectivity index (χ0v) is 13.9. The third-order valence-electron chi connectivity index (χ3n) is 5.26. The summed E-state index contributed by atoms with van der Waals surface area (Å²) in [5.74, 6) is -0.571. The topological polar surface area (TPSA) is 67.8 Å². The summed E-state index contributed by atoms with van der Waals surface area (Å²) in [6.45, 7) is 3.59. The summed E-state index contributed by atoms with van der Waals surface area (Å²) >= 11 is 2.49. The normalized spacial score (nSPS) is 51.9. The molecule has 0 bridgehead atoms. The van der Waals surface area contributed by atoms with E-state index in [0.717, 1.165) is 19.3 Å². The Morgan fingerprint density at radius 2 is 2.10 bits per heavy atom. The average Bonchev–Trinajstić information content (AvgIpc) is 2.57. The zero-order valence-electron chi connectivity index (χ0n) is 11.7. The molecule has 6 unspecified atom stereocenters. The second kappa shape index (κ2) is 5.37. The lowest BCUT2D eigenvalue weighted by atomic mass is 9.65. The van der Waals surface area contributed by atoms with Crippen LogP contribution in [0.5, 0.6) is 0 Å². The molecule has 0 aromatic heterocycles. The third-order valence-corrected chi connectivity index (χ3v) is 6.81. The molecule has 1 saturated carbocycles. The lowest BCUT2D eigenvalue weighted by Crippen LogP contribution is -2.53. The van der Waals surface area contributed by atoms with Gasteiger partial charge in [-0.25, -0.2) is 0 Å². The van der Waals surface area contributed by atoms with Gasteiger partial charge in [0.2, 0.25) is 6.29 Å². The molecule has 2 saturated heterocycles. The number of rotatable bonds is 1. The lowest BCUT2D eigenvalue weighted by Gasteiger charge is -2.48. The summed E-state index contributed by atoms with van der Waals surface area (Å²) in [7, 11) is 0. The Morgan fingerprint density at radius 3 is 2.80 bits per heavy atom. The molecule has 0 N–H and O–H groups in total. The molecule has 5 nitrogen and oxygen atoms in total. The molecule has 3 rings (SSSR count). The van der Waals surface area contributed by atoms with Crippen molar-refractivity contribution in [2.24, 2.45) is 23.7 Å². The Balaban J connectivity index is 1.94. The summed E-state index contributed by atoms with van der Waals surface area (Å²) in [5.41, 5.74) is 0. The second-order valence-electron chi connectivity index (χ2n) is 6.47. The molecule has 0 radical (unpaired) electrons. The molecule has 3 fully saturated rings. The minimum Gasteiger partial charge on any atom is -0.721 e. The Kier molecular flexibility index (Phi) is 4.03. The number of carbonyl (C=O) groups excluding carboxylic acids is 1. The van der Waals surface area contributed by atoms with Crippen molar-refractivity contribution in [2.75, 3.05) is 0 Å². The van der Waals surface area contributed by atoms with Gasteiger partial charge in [-0.3, -0.25) is 4.79 Å². The van der Waals surface area contributed by atoms with Crippen LogP contribution < -0.4 is 5.26 Å². The molecule has 0 amide bonds. The predicted molar refractivity (Wildman–Crippen MR) is 76.4 cm³/mol. The van der Waals surface area contributed by atoms with E-state index in [1.165, 1.54) is 0 Å². The molecule has 2 heterocycles. The van der Waals surface area contributed by atoms with Gasteiger partial charge >= 0.3 is 5.97 Å². The van der Waals surface area contributed by atoms with Crippen LogP contribution in [0.15, 0.2) is 0 Å². The van der Waals surface area contributed by atoms with Crippen molar-refractivity contribution in [3.05, 3.63) is 0 Å². The smallest absolute Gasteiger partial charge is 0.311 e. The quantitative estimate of drug-likeness (QED) is 0.223. The summed E-state index contributed by atoms with van der Waals surface area (Å²) in [6.07, 6.45) is 2.94. The van der Waals surface area contributed by atoms with Gasteiger partial charge in [0.25, 0.3) is 0 Å². The molecule has 0 aromatic carbocycles. The van der Waals surface area contributed by atoms with Gasteiger partial charge in [-0.15, -0.1) is 0 Å². The number of carbonyl (C=O) groups is 1. The SMILES string of the molecule is CC1C(=O)O[C@@H]2OC(C)(O[O-])CCC3C(I)CCC1C32. The Bertz CT molecular complexity index is 403. The van der Waals surface area contributed by atoms with Crippen molar-refractivity contribution in [3.8, 4) is 0 Å². The molecule has 6 heteroatoms. The minimum atomic E-state index is -1.19. The summed E-state index contributed by atoms with van der Waals surface area (Å²) < 4.78 is 11.8. The Labute approximate surface area is 132 Å². The van der Waals surface area contributed by atoms with Crippen LogP contribution in [0.4, 0.5) is 0 Å². The van der Waals surface area contributed by atoms with Gasteiger partial charge in [0.05, 0.1) is 5.92 Å². The van der Waals surface area contributed by atoms with Crippen molar-refractivity contribution in [2.45, 2.75) is 55.5 Å². The van der Waals surface area contributed by atoms with Gasteiger partial charge in [-0.05, 0) is 38.0 Å². The van der Waals surface area contributed by atoms with Crippen LogP contribution in [-0.4, -0.2) is 22.0 Å². The monoisotopic (exact) mass is 395 g/mol. The first-order valence-corrected chi connectivity index (χ1v) is 8.53. The van der Waals surface area contributed by atoms with E-state index in [9.17, 15) is 10.1 Å². The van der Waals surface area contributed by atoms with E-state index >= 15 is 0 Å². The van der Waals surface area contributed by atoms with Crippen molar-refractivity contribution < 1.29 is 24.4 Å². The summed E-state index contributed by atoms with van der Waals surface area (Å²) in [6, 6.07) is 0. The minimum absolute atomic E-state index is 0.0798. The zero-order chi connectivity index (χ0) is 14.5.